The van der Waals surface area contributed by atoms with E-state index in [-0.39, 0.29) is 12.0 Å². The molecule has 2 rings (SSSR count). The summed E-state index contributed by atoms with van der Waals surface area (Å²) in [5, 5.41) is 13.0. The Hall–Kier alpha value is -1.26. The average molecular weight is 321 g/mol. The Bertz CT molecular complexity index is 490. The zero-order chi connectivity index (χ0) is 16.7. The van der Waals surface area contributed by atoms with Crippen molar-refractivity contribution in [3.8, 4) is 11.5 Å². The van der Waals surface area contributed by atoms with Crippen LogP contribution in [0.5, 0.6) is 11.5 Å². The van der Waals surface area contributed by atoms with E-state index >= 15 is 0 Å². The summed E-state index contributed by atoms with van der Waals surface area (Å²) in [6.45, 7) is 4.18. The molecule has 0 unspecified atom stereocenters. The van der Waals surface area contributed by atoms with Gasteiger partial charge in [0.25, 0.3) is 0 Å². The maximum Gasteiger partial charge on any atom is 0.161 e. The van der Waals surface area contributed by atoms with Gasteiger partial charge in [-0.1, -0.05) is 19.3 Å². The Morgan fingerprint density at radius 1 is 1.09 bits per heavy atom. The fraction of sp³-hybridized carbons (Fsp3) is 0.684. The zero-order valence-electron chi connectivity index (χ0n) is 14.8. The Morgan fingerprint density at radius 2 is 1.74 bits per heavy atom. The van der Waals surface area contributed by atoms with Gasteiger partial charge in [0, 0.05) is 19.7 Å². The van der Waals surface area contributed by atoms with Crippen LogP contribution in [0.4, 0.5) is 0 Å². The van der Waals surface area contributed by atoms with Gasteiger partial charge in [-0.15, -0.1) is 0 Å². The lowest BCUT2D eigenvalue weighted by Gasteiger charge is -2.37. The number of aliphatic hydroxyl groups is 1. The highest BCUT2D eigenvalue weighted by atomic mass is 16.5. The van der Waals surface area contributed by atoms with Gasteiger partial charge in [-0.05, 0) is 54.9 Å². The van der Waals surface area contributed by atoms with Crippen LogP contribution in [0.1, 0.15) is 49.7 Å². The number of ether oxygens (including phenoxy) is 2. The molecule has 0 heterocycles. The standard InChI is InChI=1S/C19H31NO3/c1-15-11-17(22-2)18(23-3)12-16(15)13-20-14-19(9-10-21)7-5-4-6-8-19/h11-12,20-21H,4-10,13-14H2,1-3H3. The quantitative estimate of drug-likeness (QED) is 0.770. The fourth-order valence-corrected chi connectivity index (χ4v) is 3.73. The molecule has 1 saturated carbocycles. The summed E-state index contributed by atoms with van der Waals surface area (Å²) < 4.78 is 10.7. The van der Waals surface area contributed by atoms with Gasteiger partial charge in [-0.25, -0.2) is 0 Å². The maximum absolute atomic E-state index is 9.41. The third kappa shape index (κ3) is 4.61. The Kier molecular flexibility index (Phi) is 6.72. The molecule has 4 heteroatoms. The first-order chi connectivity index (χ1) is 11.1. The van der Waals surface area contributed by atoms with E-state index in [1.54, 1.807) is 14.2 Å². The molecule has 1 aliphatic rings. The molecule has 4 nitrogen and oxygen atoms in total. The summed E-state index contributed by atoms with van der Waals surface area (Å²) in [7, 11) is 3.33. The highest BCUT2D eigenvalue weighted by molar-refractivity contribution is 5.47. The van der Waals surface area contributed by atoms with Crippen LogP contribution in [0.15, 0.2) is 12.1 Å². The first-order valence-electron chi connectivity index (χ1n) is 8.67. The minimum Gasteiger partial charge on any atom is -0.493 e. The third-order valence-electron chi connectivity index (χ3n) is 5.21. The molecule has 0 aliphatic heterocycles. The second-order valence-corrected chi connectivity index (χ2v) is 6.77. The predicted octanol–water partition coefficient (Wildman–Crippen LogP) is 3.43. The third-order valence-corrected chi connectivity index (χ3v) is 5.21. The van der Waals surface area contributed by atoms with Gasteiger partial charge in [-0.2, -0.15) is 0 Å². The van der Waals surface area contributed by atoms with E-state index in [2.05, 4.69) is 18.3 Å². The molecule has 0 atom stereocenters. The van der Waals surface area contributed by atoms with Crippen molar-refractivity contribution in [3.63, 3.8) is 0 Å². The van der Waals surface area contributed by atoms with E-state index in [0.717, 1.165) is 31.0 Å². The lowest BCUT2D eigenvalue weighted by atomic mass is 9.72. The molecule has 1 fully saturated rings. The van der Waals surface area contributed by atoms with E-state index < -0.39 is 0 Å². The Labute approximate surface area is 140 Å². The summed E-state index contributed by atoms with van der Waals surface area (Å²) in [5.41, 5.74) is 2.71. The van der Waals surface area contributed by atoms with Crippen LogP contribution in [0.25, 0.3) is 0 Å². The van der Waals surface area contributed by atoms with Gasteiger partial charge < -0.3 is 19.9 Å². The van der Waals surface area contributed by atoms with Crippen LogP contribution in [-0.4, -0.2) is 32.5 Å². The van der Waals surface area contributed by atoms with Crippen LogP contribution < -0.4 is 14.8 Å². The molecule has 0 radical (unpaired) electrons. The monoisotopic (exact) mass is 321 g/mol. The van der Waals surface area contributed by atoms with Gasteiger partial charge in [0.1, 0.15) is 0 Å². The van der Waals surface area contributed by atoms with Crippen LogP contribution in [0.3, 0.4) is 0 Å². The van der Waals surface area contributed by atoms with Gasteiger partial charge in [-0.3, -0.25) is 0 Å². The average Bonchev–Trinajstić information content (AvgIpc) is 2.57. The highest BCUT2D eigenvalue weighted by Gasteiger charge is 2.30. The molecule has 2 N–H and O–H groups in total. The fourth-order valence-electron chi connectivity index (χ4n) is 3.73. The normalized spacial score (nSPS) is 17.0. The summed E-state index contributed by atoms with van der Waals surface area (Å²) >= 11 is 0. The molecule has 0 saturated heterocycles. The zero-order valence-corrected chi connectivity index (χ0v) is 14.8. The topological polar surface area (TPSA) is 50.7 Å². The summed E-state index contributed by atoms with van der Waals surface area (Å²) in [4.78, 5) is 0. The smallest absolute Gasteiger partial charge is 0.161 e. The number of rotatable bonds is 8. The molecule has 0 amide bonds. The number of benzene rings is 1. The number of hydrogen-bond donors (Lipinski definition) is 2. The van der Waals surface area contributed by atoms with Crippen LogP contribution in [-0.2, 0) is 6.54 Å². The van der Waals surface area contributed by atoms with Crippen LogP contribution >= 0.6 is 0 Å². The maximum atomic E-state index is 9.41. The molecule has 1 aromatic rings. The van der Waals surface area contributed by atoms with Crippen molar-refractivity contribution in [3.05, 3.63) is 23.3 Å². The lowest BCUT2D eigenvalue weighted by Crippen LogP contribution is -2.36. The second-order valence-electron chi connectivity index (χ2n) is 6.77. The van der Waals surface area contributed by atoms with Crippen molar-refractivity contribution >= 4 is 0 Å². The van der Waals surface area contributed by atoms with Crippen LogP contribution in [0, 0.1) is 12.3 Å². The van der Waals surface area contributed by atoms with Crippen molar-refractivity contribution in [2.45, 2.75) is 52.0 Å². The molecular formula is C19H31NO3. The molecule has 23 heavy (non-hydrogen) atoms. The van der Waals surface area contributed by atoms with E-state index in [0.29, 0.717) is 0 Å². The summed E-state index contributed by atoms with van der Waals surface area (Å²) in [6, 6.07) is 4.08. The van der Waals surface area contributed by atoms with E-state index in [1.165, 1.54) is 43.2 Å². The summed E-state index contributed by atoms with van der Waals surface area (Å²) in [5.74, 6) is 1.55. The lowest BCUT2D eigenvalue weighted by molar-refractivity contribution is 0.126. The van der Waals surface area contributed by atoms with Crippen LogP contribution in [0.2, 0.25) is 0 Å². The molecule has 1 aromatic carbocycles. The molecule has 0 aromatic heterocycles. The molecular weight excluding hydrogens is 290 g/mol. The van der Waals surface area contributed by atoms with Gasteiger partial charge in [0.15, 0.2) is 11.5 Å². The van der Waals surface area contributed by atoms with E-state index in [4.69, 9.17) is 9.47 Å². The molecule has 0 spiro atoms. The number of hydrogen-bond acceptors (Lipinski definition) is 4. The van der Waals surface area contributed by atoms with Gasteiger partial charge in [0.05, 0.1) is 14.2 Å². The first kappa shape index (κ1) is 18.1. The number of aliphatic hydroxyl groups excluding tert-OH is 1. The minimum atomic E-state index is 0.275. The largest absolute Gasteiger partial charge is 0.493 e. The number of nitrogens with one attached hydrogen (secondary N) is 1. The predicted molar refractivity (Wildman–Crippen MR) is 93.2 cm³/mol. The van der Waals surface area contributed by atoms with Gasteiger partial charge >= 0.3 is 0 Å². The first-order valence-corrected chi connectivity index (χ1v) is 8.67. The van der Waals surface area contributed by atoms with Crippen molar-refractivity contribution in [2.24, 2.45) is 5.41 Å². The minimum absolute atomic E-state index is 0.275. The second kappa shape index (κ2) is 8.55. The number of aryl methyl sites for hydroxylation is 1. The van der Waals surface area contributed by atoms with Gasteiger partial charge in [0.2, 0.25) is 0 Å². The SMILES string of the molecule is COc1cc(C)c(CNCC2(CCO)CCCCC2)cc1OC. The highest BCUT2D eigenvalue weighted by Crippen LogP contribution is 2.38. The molecule has 1 aliphatic carbocycles. The summed E-state index contributed by atoms with van der Waals surface area (Å²) in [6.07, 6.45) is 7.28. The van der Waals surface area contributed by atoms with Crippen molar-refractivity contribution in [2.75, 3.05) is 27.4 Å². The number of methoxy groups -OCH3 is 2. The van der Waals surface area contributed by atoms with Crippen molar-refractivity contribution in [1.82, 2.24) is 5.32 Å². The van der Waals surface area contributed by atoms with E-state index in [1.807, 2.05) is 6.07 Å². The van der Waals surface area contributed by atoms with E-state index in [9.17, 15) is 5.11 Å². The Balaban J connectivity index is 1.99. The van der Waals surface area contributed by atoms with Crippen molar-refractivity contribution in [1.29, 1.82) is 0 Å². The molecule has 130 valence electrons. The van der Waals surface area contributed by atoms with Crippen molar-refractivity contribution < 1.29 is 14.6 Å². The Morgan fingerprint density at radius 3 is 2.35 bits per heavy atom. The molecule has 0 bridgehead atoms.